The van der Waals surface area contributed by atoms with E-state index >= 15 is 0 Å². The van der Waals surface area contributed by atoms with Crippen molar-refractivity contribution in [2.75, 3.05) is 5.73 Å². The summed E-state index contributed by atoms with van der Waals surface area (Å²) in [5.41, 5.74) is 9.61. The van der Waals surface area contributed by atoms with Crippen molar-refractivity contribution in [3.8, 4) is 11.5 Å². The Hall–Kier alpha value is -4.25. The molecule has 0 aliphatic carbocycles. The third-order valence-electron chi connectivity index (χ3n) is 5.02. The lowest BCUT2D eigenvalue weighted by molar-refractivity contribution is 0.0473. The van der Waals surface area contributed by atoms with Crippen LogP contribution in [0, 0.1) is 0 Å². The zero-order chi connectivity index (χ0) is 22.9. The highest BCUT2D eigenvalue weighted by atomic mass is 16.5. The predicted octanol–water partition coefficient (Wildman–Crippen LogP) is 5.78. The number of anilines is 1. The lowest BCUT2D eigenvalue weighted by atomic mass is 10.1. The van der Waals surface area contributed by atoms with E-state index in [2.05, 4.69) is 0 Å². The van der Waals surface area contributed by atoms with Crippen LogP contribution < -0.4 is 15.2 Å². The zero-order valence-corrected chi connectivity index (χ0v) is 18.1. The lowest BCUT2D eigenvalue weighted by Crippen LogP contribution is -2.10. The molecule has 5 nitrogen and oxygen atoms in total. The quantitative estimate of drug-likeness (QED) is 0.264. The highest BCUT2D eigenvalue weighted by Gasteiger charge is 2.18. The molecule has 0 fully saturated rings. The summed E-state index contributed by atoms with van der Waals surface area (Å²) >= 11 is 0. The fourth-order valence-electron chi connectivity index (χ4n) is 3.25. The minimum absolute atomic E-state index is 0.158. The maximum absolute atomic E-state index is 12.8. The lowest BCUT2D eigenvalue weighted by Gasteiger charge is -2.16. The molecule has 5 heteroatoms. The van der Waals surface area contributed by atoms with Crippen LogP contribution in [0.1, 0.15) is 27.0 Å². The van der Waals surface area contributed by atoms with Gasteiger partial charge >= 0.3 is 5.97 Å². The number of carbonyl (C=O) groups is 1. The molecule has 4 aromatic carbocycles. The maximum Gasteiger partial charge on any atom is 0.340 e. The van der Waals surface area contributed by atoms with E-state index in [-0.39, 0.29) is 17.9 Å². The van der Waals surface area contributed by atoms with Crippen molar-refractivity contribution >= 4 is 11.7 Å². The van der Waals surface area contributed by atoms with E-state index in [4.69, 9.17) is 19.9 Å². The van der Waals surface area contributed by atoms with Crippen molar-refractivity contribution in [1.29, 1.82) is 0 Å². The molecule has 0 saturated heterocycles. The van der Waals surface area contributed by atoms with Gasteiger partial charge in [0.2, 0.25) is 0 Å². The first-order chi connectivity index (χ1) is 16.2. The van der Waals surface area contributed by atoms with Crippen molar-refractivity contribution < 1.29 is 19.0 Å². The summed E-state index contributed by atoms with van der Waals surface area (Å²) < 4.78 is 17.5. The van der Waals surface area contributed by atoms with E-state index in [1.807, 2.05) is 91.0 Å². The second-order valence-electron chi connectivity index (χ2n) is 7.50. The summed E-state index contributed by atoms with van der Waals surface area (Å²) in [6.45, 7) is 0.830. The van der Waals surface area contributed by atoms with E-state index in [0.717, 1.165) is 16.7 Å². The van der Waals surface area contributed by atoms with Crippen LogP contribution in [0.4, 0.5) is 5.69 Å². The van der Waals surface area contributed by atoms with Gasteiger partial charge in [-0.05, 0) is 16.7 Å². The molecule has 0 bridgehead atoms. The van der Waals surface area contributed by atoms with Crippen LogP contribution in [0.25, 0.3) is 0 Å². The van der Waals surface area contributed by atoms with Gasteiger partial charge in [0.1, 0.15) is 19.8 Å². The Bertz CT molecular complexity index is 1180. The fraction of sp³-hybridized carbons (Fsp3) is 0.107. The first-order valence-electron chi connectivity index (χ1n) is 10.7. The summed E-state index contributed by atoms with van der Waals surface area (Å²) in [5, 5.41) is 0. The number of nitrogen functional groups attached to an aromatic ring is 1. The molecule has 0 aliphatic rings. The molecule has 0 heterocycles. The summed E-state index contributed by atoms with van der Waals surface area (Å²) in [5.74, 6) is 0.373. The van der Waals surface area contributed by atoms with Gasteiger partial charge in [-0.1, -0.05) is 91.0 Å². The second-order valence-corrected chi connectivity index (χ2v) is 7.50. The van der Waals surface area contributed by atoms with Crippen molar-refractivity contribution in [2.24, 2.45) is 0 Å². The van der Waals surface area contributed by atoms with Gasteiger partial charge in [0.05, 0.1) is 11.3 Å². The van der Waals surface area contributed by atoms with E-state index < -0.39 is 5.97 Å². The Morgan fingerprint density at radius 1 is 0.606 bits per heavy atom. The molecule has 0 radical (unpaired) electrons. The van der Waals surface area contributed by atoms with Crippen LogP contribution in [0.2, 0.25) is 0 Å². The van der Waals surface area contributed by atoms with Crippen LogP contribution in [-0.4, -0.2) is 5.97 Å². The number of nitrogens with two attached hydrogens (primary N) is 1. The summed E-state index contributed by atoms with van der Waals surface area (Å²) in [6.07, 6.45) is 0. The van der Waals surface area contributed by atoms with Crippen molar-refractivity contribution in [2.45, 2.75) is 19.8 Å². The topological polar surface area (TPSA) is 70.8 Å². The smallest absolute Gasteiger partial charge is 0.340 e. The second kappa shape index (κ2) is 10.9. The molecular weight excluding hydrogens is 414 g/mol. The Labute approximate surface area is 193 Å². The standard InChI is InChI=1S/C28H25NO4/c29-25-17-27(32-19-22-12-6-2-7-13-22)26(31-18-21-10-4-1-5-11-21)16-24(25)28(30)33-20-23-14-8-3-9-15-23/h1-17H,18-20,29H2. The van der Waals surface area contributed by atoms with Crippen LogP contribution >= 0.6 is 0 Å². The minimum Gasteiger partial charge on any atom is -0.485 e. The molecule has 0 aromatic heterocycles. The molecular formula is C28H25NO4. The first kappa shape index (κ1) is 22.0. The number of esters is 1. The Kier molecular flexibility index (Phi) is 7.23. The van der Waals surface area contributed by atoms with Gasteiger partial charge in [-0.3, -0.25) is 0 Å². The van der Waals surface area contributed by atoms with Crippen LogP contribution in [-0.2, 0) is 24.6 Å². The molecule has 33 heavy (non-hydrogen) atoms. The van der Waals surface area contributed by atoms with Gasteiger partial charge in [0, 0.05) is 12.1 Å². The highest BCUT2D eigenvalue weighted by Crippen LogP contribution is 2.34. The molecule has 4 rings (SSSR count). The molecule has 0 spiro atoms. The Morgan fingerprint density at radius 2 is 1.03 bits per heavy atom. The molecule has 0 unspecified atom stereocenters. The van der Waals surface area contributed by atoms with E-state index in [1.165, 1.54) is 0 Å². The highest BCUT2D eigenvalue weighted by molar-refractivity contribution is 5.96. The summed E-state index contributed by atoms with van der Waals surface area (Å²) in [4.78, 5) is 12.8. The van der Waals surface area contributed by atoms with Gasteiger partial charge in [0.25, 0.3) is 0 Å². The molecule has 166 valence electrons. The minimum atomic E-state index is -0.518. The van der Waals surface area contributed by atoms with E-state index in [9.17, 15) is 4.79 Å². The summed E-state index contributed by atoms with van der Waals surface area (Å²) in [7, 11) is 0. The van der Waals surface area contributed by atoms with Crippen molar-refractivity contribution in [1.82, 2.24) is 0 Å². The van der Waals surface area contributed by atoms with Gasteiger partial charge in [0.15, 0.2) is 11.5 Å². The van der Waals surface area contributed by atoms with Gasteiger partial charge in [-0.2, -0.15) is 0 Å². The van der Waals surface area contributed by atoms with Crippen molar-refractivity contribution in [3.63, 3.8) is 0 Å². The Morgan fingerprint density at radius 3 is 1.52 bits per heavy atom. The normalized spacial score (nSPS) is 10.4. The van der Waals surface area contributed by atoms with Gasteiger partial charge < -0.3 is 19.9 Å². The van der Waals surface area contributed by atoms with Crippen LogP contribution in [0.5, 0.6) is 11.5 Å². The molecule has 0 aliphatic heterocycles. The number of carbonyl (C=O) groups excluding carboxylic acids is 1. The molecule has 0 amide bonds. The van der Waals surface area contributed by atoms with E-state index in [0.29, 0.717) is 24.7 Å². The summed E-state index contributed by atoms with van der Waals surface area (Å²) in [6, 6.07) is 32.3. The van der Waals surface area contributed by atoms with Crippen LogP contribution in [0.3, 0.4) is 0 Å². The van der Waals surface area contributed by atoms with Crippen LogP contribution in [0.15, 0.2) is 103 Å². The zero-order valence-electron chi connectivity index (χ0n) is 18.1. The third kappa shape index (κ3) is 6.14. The van der Waals surface area contributed by atoms with E-state index in [1.54, 1.807) is 12.1 Å². The Balaban J connectivity index is 1.54. The molecule has 0 atom stereocenters. The van der Waals surface area contributed by atoms with Gasteiger partial charge in [-0.15, -0.1) is 0 Å². The average Bonchev–Trinajstić information content (AvgIpc) is 2.87. The first-order valence-corrected chi connectivity index (χ1v) is 10.7. The van der Waals surface area contributed by atoms with Gasteiger partial charge in [-0.25, -0.2) is 4.79 Å². The number of ether oxygens (including phenoxy) is 3. The van der Waals surface area contributed by atoms with Crippen molar-refractivity contribution in [3.05, 3.63) is 125 Å². The largest absolute Gasteiger partial charge is 0.485 e. The SMILES string of the molecule is Nc1cc(OCc2ccccc2)c(OCc2ccccc2)cc1C(=O)OCc1ccccc1. The fourth-order valence-corrected chi connectivity index (χ4v) is 3.25. The number of benzene rings is 4. The number of rotatable bonds is 9. The molecule has 0 saturated carbocycles. The molecule has 4 aromatic rings. The predicted molar refractivity (Wildman–Crippen MR) is 128 cm³/mol. The maximum atomic E-state index is 12.8. The average molecular weight is 440 g/mol. The number of hydrogen-bond donors (Lipinski definition) is 1. The molecule has 2 N–H and O–H groups in total. The number of hydrogen-bond acceptors (Lipinski definition) is 5. The third-order valence-corrected chi connectivity index (χ3v) is 5.02. The monoisotopic (exact) mass is 439 g/mol.